The Kier molecular flexibility index (Phi) is 4.75. The van der Waals surface area contributed by atoms with Gasteiger partial charge in [-0.1, -0.05) is 72.8 Å². The Morgan fingerprint density at radius 2 is 1.52 bits per heavy atom. The fraction of sp³-hybridized carbons (Fsp3) is 0.0741. The summed E-state index contributed by atoms with van der Waals surface area (Å²) in [4.78, 5) is 12.1. The molecule has 2 N–H and O–H groups in total. The predicted octanol–water partition coefficient (Wildman–Crippen LogP) is 5.67. The average molecular weight is 408 g/mol. The Balaban J connectivity index is 1.70. The van der Waals surface area contributed by atoms with Gasteiger partial charge < -0.3 is 10.3 Å². The van der Waals surface area contributed by atoms with Crippen LogP contribution in [0.15, 0.2) is 91.0 Å². The van der Waals surface area contributed by atoms with E-state index in [0.29, 0.717) is 28.4 Å². The van der Waals surface area contributed by atoms with Gasteiger partial charge in [0.25, 0.3) is 0 Å². The van der Waals surface area contributed by atoms with Gasteiger partial charge in [-0.15, -0.1) is 0 Å². The maximum atomic E-state index is 15.0. The molecular weight excluding hydrogens is 387 g/mol. The molecule has 0 unspecified atom stereocenters. The van der Waals surface area contributed by atoms with E-state index >= 15 is 4.39 Å². The fourth-order valence-corrected chi connectivity index (χ4v) is 4.40. The van der Waals surface area contributed by atoms with Crippen molar-refractivity contribution in [1.82, 2.24) is 4.57 Å². The Morgan fingerprint density at radius 1 is 0.806 bits per heavy atom. The molecule has 5 aromatic rings. The molecule has 0 radical (unpaired) electrons. The zero-order valence-electron chi connectivity index (χ0n) is 16.9. The van der Waals surface area contributed by atoms with E-state index in [4.69, 9.17) is 5.73 Å². The Morgan fingerprint density at radius 3 is 2.29 bits per heavy atom. The number of amides is 1. The van der Waals surface area contributed by atoms with Crippen LogP contribution in [0.4, 0.5) is 4.39 Å². The lowest BCUT2D eigenvalue weighted by molar-refractivity contribution is 0.100. The first-order chi connectivity index (χ1) is 15.1. The molecule has 0 spiro atoms. The number of carbonyl (C=O) groups excluding carboxylic acids is 1. The molecule has 4 heteroatoms. The molecule has 4 aromatic carbocycles. The van der Waals surface area contributed by atoms with Crippen molar-refractivity contribution in [1.29, 1.82) is 0 Å². The van der Waals surface area contributed by atoms with Crippen LogP contribution in [0, 0.1) is 5.82 Å². The molecule has 0 saturated carbocycles. The number of nitrogens with zero attached hydrogens (tertiary/aromatic N) is 1. The first-order valence-corrected chi connectivity index (χ1v) is 10.2. The molecule has 152 valence electrons. The van der Waals surface area contributed by atoms with Gasteiger partial charge in [-0.3, -0.25) is 4.79 Å². The van der Waals surface area contributed by atoms with E-state index in [1.165, 1.54) is 17.2 Å². The number of rotatable bonds is 5. The number of fused-ring (bicyclic) bond motifs is 3. The topological polar surface area (TPSA) is 48.0 Å². The van der Waals surface area contributed by atoms with Crippen molar-refractivity contribution in [3.63, 3.8) is 0 Å². The second kappa shape index (κ2) is 7.73. The van der Waals surface area contributed by atoms with Gasteiger partial charge in [-0.25, -0.2) is 4.39 Å². The van der Waals surface area contributed by atoms with Crippen molar-refractivity contribution in [2.75, 3.05) is 0 Å². The van der Waals surface area contributed by atoms with Crippen molar-refractivity contribution in [2.45, 2.75) is 13.0 Å². The third-order valence-electron chi connectivity index (χ3n) is 5.81. The van der Waals surface area contributed by atoms with Gasteiger partial charge in [0.15, 0.2) is 0 Å². The van der Waals surface area contributed by atoms with Crippen LogP contribution >= 0.6 is 0 Å². The smallest absolute Gasteiger partial charge is 0.249 e. The van der Waals surface area contributed by atoms with Gasteiger partial charge in [0.1, 0.15) is 5.82 Å². The lowest BCUT2D eigenvalue weighted by Gasteiger charge is -2.13. The van der Waals surface area contributed by atoms with E-state index in [9.17, 15) is 4.79 Å². The fourth-order valence-electron chi connectivity index (χ4n) is 4.40. The van der Waals surface area contributed by atoms with E-state index in [1.54, 1.807) is 18.2 Å². The minimum Gasteiger partial charge on any atom is -0.366 e. The van der Waals surface area contributed by atoms with Crippen molar-refractivity contribution in [2.24, 2.45) is 5.73 Å². The number of para-hydroxylation sites is 1. The molecule has 1 heterocycles. The van der Waals surface area contributed by atoms with Crippen molar-refractivity contribution in [3.8, 4) is 0 Å². The Bertz CT molecular complexity index is 1420. The van der Waals surface area contributed by atoms with Crippen molar-refractivity contribution < 1.29 is 9.18 Å². The molecule has 31 heavy (non-hydrogen) atoms. The SMILES string of the molecule is NC(=O)c1cccc2c1c1cccc(F)c1n2Cc1ccccc1Cc1ccccc1. The van der Waals surface area contributed by atoms with Crippen molar-refractivity contribution >= 4 is 27.7 Å². The zero-order chi connectivity index (χ0) is 21.4. The number of carbonyl (C=O) groups is 1. The van der Waals surface area contributed by atoms with Crippen LogP contribution in [0.5, 0.6) is 0 Å². The monoisotopic (exact) mass is 408 g/mol. The maximum Gasteiger partial charge on any atom is 0.249 e. The summed E-state index contributed by atoms with van der Waals surface area (Å²) in [6, 6.07) is 28.9. The molecular formula is C27H21FN2O. The lowest BCUT2D eigenvalue weighted by atomic mass is 9.99. The molecule has 0 atom stereocenters. The number of hydrogen-bond acceptors (Lipinski definition) is 1. The zero-order valence-corrected chi connectivity index (χ0v) is 16.9. The van der Waals surface area contributed by atoms with Gasteiger partial charge in [0.2, 0.25) is 5.91 Å². The summed E-state index contributed by atoms with van der Waals surface area (Å²) < 4.78 is 17.0. The summed E-state index contributed by atoms with van der Waals surface area (Å²) in [6.45, 7) is 0.492. The summed E-state index contributed by atoms with van der Waals surface area (Å²) >= 11 is 0. The molecule has 1 amide bonds. The van der Waals surface area contributed by atoms with Crippen LogP contribution in [-0.2, 0) is 13.0 Å². The summed E-state index contributed by atoms with van der Waals surface area (Å²) in [7, 11) is 0. The summed E-state index contributed by atoms with van der Waals surface area (Å²) in [6.07, 6.45) is 0.795. The summed E-state index contributed by atoms with van der Waals surface area (Å²) in [5.41, 5.74) is 10.8. The number of halogens is 1. The minimum absolute atomic E-state index is 0.315. The van der Waals surface area contributed by atoms with Gasteiger partial charge in [-0.2, -0.15) is 0 Å². The molecule has 0 aliphatic heterocycles. The predicted molar refractivity (Wildman–Crippen MR) is 123 cm³/mol. The molecule has 0 saturated heterocycles. The van der Waals surface area contributed by atoms with Crippen molar-refractivity contribution in [3.05, 3.63) is 119 Å². The number of nitrogens with two attached hydrogens (primary N) is 1. The van der Waals surface area contributed by atoms with Crippen LogP contribution in [0.3, 0.4) is 0 Å². The minimum atomic E-state index is -0.515. The standard InChI is InChI=1S/C27H21FN2O/c28-23-14-6-12-21-25-22(27(29)31)13-7-15-24(25)30(26(21)23)17-20-11-5-4-10-19(20)16-18-8-2-1-3-9-18/h1-15H,16-17H2,(H2,29,31). The van der Waals surface area contributed by atoms with Gasteiger partial charge in [0.05, 0.1) is 11.0 Å². The van der Waals surface area contributed by atoms with E-state index < -0.39 is 5.91 Å². The largest absolute Gasteiger partial charge is 0.366 e. The highest BCUT2D eigenvalue weighted by molar-refractivity contribution is 6.18. The number of aromatic nitrogens is 1. The van der Waals surface area contributed by atoms with E-state index in [-0.39, 0.29) is 5.82 Å². The second-order valence-corrected chi connectivity index (χ2v) is 7.72. The van der Waals surface area contributed by atoms with E-state index in [1.807, 2.05) is 47.0 Å². The summed E-state index contributed by atoms with van der Waals surface area (Å²) in [5, 5.41) is 1.40. The van der Waals surface area contributed by atoms with Crippen LogP contribution in [0.25, 0.3) is 21.8 Å². The Labute approximate surface area is 179 Å². The highest BCUT2D eigenvalue weighted by Gasteiger charge is 2.19. The van der Waals surface area contributed by atoms with Gasteiger partial charge in [0, 0.05) is 22.9 Å². The summed E-state index contributed by atoms with van der Waals surface area (Å²) in [5.74, 6) is -0.831. The first kappa shape index (κ1) is 19.1. The normalized spacial score (nSPS) is 11.3. The third kappa shape index (κ3) is 3.36. The van der Waals surface area contributed by atoms with Gasteiger partial charge >= 0.3 is 0 Å². The molecule has 0 bridgehead atoms. The lowest BCUT2D eigenvalue weighted by Crippen LogP contribution is -2.11. The van der Waals surface area contributed by atoms with Crippen LogP contribution < -0.4 is 5.73 Å². The maximum absolute atomic E-state index is 15.0. The van der Waals surface area contributed by atoms with E-state index in [2.05, 4.69) is 24.3 Å². The average Bonchev–Trinajstić information content (AvgIpc) is 3.11. The number of hydrogen-bond donors (Lipinski definition) is 1. The highest BCUT2D eigenvalue weighted by Crippen LogP contribution is 2.34. The Hall–Kier alpha value is -3.92. The quantitative estimate of drug-likeness (QED) is 0.400. The molecule has 0 aliphatic carbocycles. The van der Waals surface area contributed by atoms with Crippen LogP contribution in [0.2, 0.25) is 0 Å². The van der Waals surface area contributed by atoms with Crippen LogP contribution in [0.1, 0.15) is 27.0 Å². The number of primary amides is 1. The van der Waals surface area contributed by atoms with Crippen LogP contribution in [-0.4, -0.2) is 10.5 Å². The molecule has 1 aromatic heterocycles. The molecule has 3 nitrogen and oxygen atoms in total. The molecule has 0 aliphatic rings. The second-order valence-electron chi connectivity index (χ2n) is 7.72. The molecule has 5 rings (SSSR count). The third-order valence-corrected chi connectivity index (χ3v) is 5.81. The highest BCUT2D eigenvalue weighted by atomic mass is 19.1. The molecule has 0 fully saturated rings. The number of benzene rings is 4. The first-order valence-electron chi connectivity index (χ1n) is 10.2. The van der Waals surface area contributed by atoms with E-state index in [0.717, 1.165) is 17.5 Å². The van der Waals surface area contributed by atoms with Gasteiger partial charge in [-0.05, 0) is 41.3 Å².